The van der Waals surface area contributed by atoms with Crippen LogP contribution >= 0.6 is 0 Å². The average molecular weight is 281 g/mol. The van der Waals surface area contributed by atoms with E-state index in [0.29, 0.717) is 18.9 Å². The minimum atomic E-state index is -2.57. The Kier molecular flexibility index (Phi) is 4.81. The van der Waals surface area contributed by atoms with Crippen molar-refractivity contribution in [3.63, 3.8) is 0 Å². The molecule has 0 aliphatic rings. The first-order chi connectivity index (χ1) is 9.60. The highest BCUT2D eigenvalue weighted by atomic mass is 19.3. The number of aliphatic hydroxyl groups is 1. The van der Waals surface area contributed by atoms with Gasteiger partial charge in [-0.2, -0.15) is 8.78 Å². The molecule has 6 heteroatoms. The van der Waals surface area contributed by atoms with Gasteiger partial charge in [0, 0.05) is 18.9 Å². The predicted octanol–water partition coefficient (Wildman–Crippen LogP) is 2.40. The van der Waals surface area contributed by atoms with Gasteiger partial charge in [0.1, 0.15) is 5.82 Å². The Morgan fingerprint density at radius 3 is 2.45 bits per heavy atom. The average Bonchev–Trinajstić information content (AvgIpc) is 2.87. The zero-order valence-electron chi connectivity index (χ0n) is 11.2. The molecular formula is C14H17F2N3O. The highest BCUT2D eigenvalue weighted by Gasteiger charge is 2.13. The van der Waals surface area contributed by atoms with Crippen LogP contribution in [0.3, 0.4) is 0 Å². The van der Waals surface area contributed by atoms with Crippen LogP contribution in [-0.2, 0) is 19.7 Å². The molecule has 0 saturated carbocycles. The third kappa shape index (κ3) is 3.61. The van der Waals surface area contributed by atoms with E-state index in [4.69, 9.17) is 5.11 Å². The zero-order valence-corrected chi connectivity index (χ0v) is 11.2. The third-order valence-corrected chi connectivity index (χ3v) is 3.03. The van der Waals surface area contributed by atoms with Crippen LogP contribution in [0.15, 0.2) is 36.7 Å². The third-order valence-electron chi connectivity index (χ3n) is 3.03. The maximum Gasteiger partial charge on any atom is 0.319 e. The van der Waals surface area contributed by atoms with Crippen molar-refractivity contribution in [2.45, 2.75) is 26.2 Å². The maximum atomic E-state index is 12.7. The van der Waals surface area contributed by atoms with Crippen LogP contribution in [0.1, 0.15) is 23.5 Å². The van der Waals surface area contributed by atoms with Crippen molar-refractivity contribution in [3.05, 3.63) is 53.6 Å². The number of aliphatic hydroxyl groups excluding tert-OH is 1. The Hall–Kier alpha value is -1.79. The van der Waals surface area contributed by atoms with Crippen molar-refractivity contribution in [1.29, 1.82) is 0 Å². The highest BCUT2D eigenvalue weighted by molar-refractivity contribution is 5.21. The van der Waals surface area contributed by atoms with E-state index in [9.17, 15) is 8.78 Å². The number of hydrogen-bond donors (Lipinski definition) is 1. The van der Waals surface area contributed by atoms with E-state index < -0.39 is 6.55 Å². The molecule has 108 valence electrons. The molecule has 0 aliphatic heterocycles. The van der Waals surface area contributed by atoms with Crippen LogP contribution in [0.4, 0.5) is 8.78 Å². The van der Waals surface area contributed by atoms with Gasteiger partial charge < -0.3 is 5.11 Å². The summed E-state index contributed by atoms with van der Waals surface area (Å²) in [7, 11) is 1.85. The van der Waals surface area contributed by atoms with Gasteiger partial charge in [0.05, 0.1) is 13.2 Å². The molecule has 0 aliphatic carbocycles. The fourth-order valence-electron chi connectivity index (χ4n) is 2.00. The molecule has 0 fully saturated rings. The smallest absolute Gasteiger partial charge is 0.319 e. The minimum Gasteiger partial charge on any atom is -0.392 e. The maximum absolute atomic E-state index is 12.7. The van der Waals surface area contributed by atoms with E-state index in [0.717, 1.165) is 15.7 Å². The Bertz CT molecular complexity index is 540. The normalized spacial score (nSPS) is 11.5. The Balaban J connectivity index is 1.97. The van der Waals surface area contributed by atoms with Crippen LogP contribution in [0.25, 0.3) is 0 Å². The van der Waals surface area contributed by atoms with Crippen molar-refractivity contribution in [1.82, 2.24) is 14.5 Å². The minimum absolute atomic E-state index is 0.0158. The molecule has 1 aromatic heterocycles. The lowest BCUT2D eigenvalue weighted by Gasteiger charge is -2.17. The van der Waals surface area contributed by atoms with Gasteiger partial charge in [-0.1, -0.05) is 24.3 Å². The SMILES string of the molecule is CN(Cc1ccc(CO)cc1)Cc1nccn1C(F)F. The number of imidazole rings is 1. The van der Waals surface area contributed by atoms with E-state index in [1.165, 1.54) is 12.4 Å². The monoisotopic (exact) mass is 281 g/mol. The van der Waals surface area contributed by atoms with Crippen LogP contribution in [0, 0.1) is 0 Å². The fourth-order valence-corrected chi connectivity index (χ4v) is 2.00. The summed E-state index contributed by atoms with van der Waals surface area (Å²) in [6.07, 6.45) is 2.66. The number of hydrogen-bond acceptors (Lipinski definition) is 3. The fraction of sp³-hybridized carbons (Fsp3) is 0.357. The van der Waals surface area contributed by atoms with Crippen molar-refractivity contribution in [2.75, 3.05) is 7.05 Å². The van der Waals surface area contributed by atoms with Gasteiger partial charge in [0.15, 0.2) is 0 Å². The first kappa shape index (κ1) is 14.6. The Morgan fingerprint density at radius 1 is 1.20 bits per heavy atom. The predicted molar refractivity (Wildman–Crippen MR) is 71.0 cm³/mol. The van der Waals surface area contributed by atoms with E-state index >= 15 is 0 Å². The number of benzene rings is 1. The summed E-state index contributed by atoms with van der Waals surface area (Å²) < 4.78 is 26.3. The molecule has 1 heterocycles. The summed E-state index contributed by atoms with van der Waals surface area (Å²) >= 11 is 0. The quantitative estimate of drug-likeness (QED) is 0.884. The van der Waals surface area contributed by atoms with E-state index in [1.54, 1.807) is 0 Å². The Morgan fingerprint density at radius 2 is 1.85 bits per heavy atom. The molecule has 0 spiro atoms. The number of nitrogens with zero attached hydrogens (tertiary/aromatic N) is 3. The van der Waals surface area contributed by atoms with Crippen LogP contribution in [-0.4, -0.2) is 26.6 Å². The topological polar surface area (TPSA) is 41.3 Å². The van der Waals surface area contributed by atoms with Crippen molar-refractivity contribution in [2.24, 2.45) is 0 Å². The molecule has 0 amide bonds. The van der Waals surface area contributed by atoms with Gasteiger partial charge in [-0.05, 0) is 18.2 Å². The number of halogens is 2. The second kappa shape index (κ2) is 6.58. The molecule has 0 saturated heterocycles. The Labute approximate surface area is 116 Å². The molecule has 20 heavy (non-hydrogen) atoms. The summed E-state index contributed by atoms with van der Waals surface area (Å²) in [5, 5.41) is 8.97. The van der Waals surface area contributed by atoms with E-state index in [-0.39, 0.29) is 6.61 Å². The lowest BCUT2D eigenvalue weighted by atomic mass is 10.1. The molecular weight excluding hydrogens is 264 g/mol. The van der Waals surface area contributed by atoms with Gasteiger partial charge in [0.25, 0.3) is 0 Å². The molecule has 1 N–H and O–H groups in total. The largest absolute Gasteiger partial charge is 0.392 e. The van der Waals surface area contributed by atoms with Gasteiger partial charge in [-0.3, -0.25) is 9.47 Å². The number of aromatic nitrogens is 2. The second-order valence-corrected chi connectivity index (χ2v) is 4.68. The van der Waals surface area contributed by atoms with Gasteiger partial charge in [-0.15, -0.1) is 0 Å². The van der Waals surface area contributed by atoms with Gasteiger partial charge in [0.2, 0.25) is 0 Å². The van der Waals surface area contributed by atoms with Crippen molar-refractivity contribution in [3.8, 4) is 0 Å². The summed E-state index contributed by atoms with van der Waals surface area (Å²) in [4.78, 5) is 5.87. The number of alkyl halides is 2. The standard InChI is InChI=1S/C14H17F2N3O/c1-18(8-11-2-4-12(10-20)5-3-11)9-13-17-6-7-19(13)14(15)16/h2-7,14,20H,8-10H2,1H3. The van der Waals surface area contributed by atoms with Crippen LogP contribution in [0.2, 0.25) is 0 Å². The molecule has 2 aromatic rings. The molecule has 4 nitrogen and oxygen atoms in total. The molecule has 1 aromatic carbocycles. The van der Waals surface area contributed by atoms with E-state index in [1.807, 2.05) is 36.2 Å². The van der Waals surface area contributed by atoms with Crippen molar-refractivity contribution < 1.29 is 13.9 Å². The summed E-state index contributed by atoms with van der Waals surface area (Å²) in [5.41, 5.74) is 1.91. The van der Waals surface area contributed by atoms with E-state index in [2.05, 4.69) is 4.98 Å². The molecule has 2 rings (SSSR count). The summed E-state index contributed by atoms with van der Waals surface area (Å²) in [6.45, 7) is -1.58. The molecule has 0 atom stereocenters. The molecule has 0 radical (unpaired) electrons. The first-order valence-corrected chi connectivity index (χ1v) is 6.27. The van der Waals surface area contributed by atoms with Crippen LogP contribution < -0.4 is 0 Å². The number of rotatable bonds is 6. The van der Waals surface area contributed by atoms with Gasteiger partial charge in [-0.25, -0.2) is 4.98 Å². The summed E-state index contributed by atoms with van der Waals surface area (Å²) in [6, 6.07) is 7.54. The lowest BCUT2D eigenvalue weighted by molar-refractivity contribution is 0.0644. The highest BCUT2D eigenvalue weighted by Crippen LogP contribution is 2.14. The first-order valence-electron chi connectivity index (χ1n) is 6.27. The zero-order chi connectivity index (χ0) is 14.5. The van der Waals surface area contributed by atoms with Crippen LogP contribution in [0.5, 0.6) is 0 Å². The van der Waals surface area contributed by atoms with Crippen molar-refractivity contribution >= 4 is 0 Å². The lowest BCUT2D eigenvalue weighted by Crippen LogP contribution is -2.20. The van der Waals surface area contributed by atoms with Gasteiger partial charge >= 0.3 is 6.55 Å². The second-order valence-electron chi connectivity index (χ2n) is 4.68. The molecule has 0 bridgehead atoms. The summed E-state index contributed by atoms with van der Waals surface area (Å²) in [5.74, 6) is 0.342. The molecule has 0 unspecified atom stereocenters.